The Bertz CT molecular complexity index is 1120. The van der Waals surface area contributed by atoms with Crippen molar-refractivity contribution in [1.29, 1.82) is 0 Å². The van der Waals surface area contributed by atoms with Crippen LogP contribution in [0.25, 0.3) is 6.08 Å². The second-order valence-corrected chi connectivity index (χ2v) is 8.08. The molecule has 2 aliphatic rings. The first kappa shape index (κ1) is 21.5. The highest BCUT2D eigenvalue weighted by Gasteiger charge is 2.41. The largest absolute Gasteiger partial charge is 0.469 e. The van der Waals surface area contributed by atoms with Crippen molar-refractivity contribution in [3.8, 4) is 0 Å². The van der Waals surface area contributed by atoms with Crippen molar-refractivity contribution in [3.05, 3.63) is 65.2 Å². The molecule has 0 N–H and O–H groups in total. The maximum Gasteiger partial charge on any atom is 0.305 e. The van der Waals surface area contributed by atoms with Gasteiger partial charge in [-0.05, 0) is 41.7 Å². The number of anilines is 2. The average Bonchev–Trinajstić information content (AvgIpc) is 3.03. The van der Waals surface area contributed by atoms with E-state index in [9.17, 15) is 19.2 Å². The van der Waals surface area contributed by atoms with Crippen molar-refractivity contribution in [2.45, 2.75) is 26.2 Å². The lowest BCUT2D eigenvalue weighted by Gasteiger charge is -2.35. The van der Waals surface area contributed by atoms with Gasteiger partial charge in [-0.2, -0.15) is 0 Å². The fourth-order valence-electron chi connectivity index (χ4n) is 4.26. The number of rotatable bonds is 7. The van der Waals surface area contributed by atoms with Crippen molar-refractivity contribution < 1.29 is 23.9 Å². The summed E-state index contributed by atoms with van der Waals surface area (Å²) < 4.78 is 4.79. The van der Waals surface area contributed by atoms with Crippen molar-refractivity contribution >= 4 is 41.1 Å². The zero-order valence-electron chi connectivity index (χ0n) is 18.1. The van der Waals surface area contributed by atoms with Crippen molar-refractivity contribution in [2.24, 2.45) is 5.92 Å². The van der Waals surface area contributed by atoms with Crippen molar-refractivity contribution in [2.75, 3.05) is 23.5 Å². The molecule has 0 saturated carbocycles. The molecule has 1 atom stereocenters. The van der Waals surface area contributed by atoms with E-state index in [0.717, 1.165) is 5.56 Å². The first-order valence-corrected chi connectivity index (χ1v) is 10.5. The Morgan fingerprint density at radius 1 is 1.12 bits per heavy atom. The van der Waals surface area contributed by atoms with Crippen LogP contribution in [-0.2, 0) is 20.7 Å². The molecule has 2 aromatic carbocycles. The SMILES string of the molecule is C=Cc1ccc(N2CCC2=O)c(N2C(=O)c3ccccc3C2=O)c1C[C@H](C)CC(=O)OC. The fourth-order valence-corrected chi connectivity index (χ4v) is 4.26. The number of benzene rings is 2. The van der Waals surface area contributed by atoms with Gasteiger partial charge in [0.1, 0.15) is 0 Å². The molecule has 0 spiro atoms. The minimum Gasteiger partial charge on any atom is -0.469 e. The van der Waals surface area contributed by atoms with E-state index in [-0.39, 0.29) is 24.2 Å². The van der Waals surface area contributed by atoms with Gasteiger partial charge in [-0.25, -0.2) is 4.90 Å². The Morgan fingerprint density at radius 3 is 2.28 bits per heavy atom. The second-order valence-electron chi connectivity index (χ2n) is 8.08. The number of carbonyl (C=O) groups is 4. The molecule has 0 unspecified atom stereocenters. The lowest BCUT2D eigenvalue weighted by molar-refractivity contribution is -0.141. The summed E-state index contributed by atoms with van der Waals surface area (Å²) in [6.07, 6.45) is 2.65. The molecule has 7 nitrogen and oxygen atoms in total. The van der Waals surface area contributed by atoms with Gasteiger partial charge < -0.3 is 9.64 Å². The van der Waals surface area contributed by atoms with Gasteiger partial charge in [-0.15, -0.1) is 0 Å². The number of hydrogen-bond donors (Lipinski definition) is 0. The van der Waals surface area contributed by atoms with Crippen LogP contribution in [0.1, 0.15) is 51.6 Å². The van der Waals surface area contributed by atoms with Crippen molar-refractivity contribution in [3.63, 3.8) is 0 Å². The number of nitrogens with zero attached hydrogens (tertiary/aromatic N) is 2. The third-order valence-electron chi connectivity index (χ3n) is 5.97. The van der Waals surface area contributed by atoms with Crippen LogP contribution in [0.3, 0.4) is 0 Å². The van der Waals surface area contributed by atoms with E-state index in [1.807, 2.05) is 13.0 Å². The van der Waals surface area contributed by atoms with Crippen LogP contribution >= 0.6 is 0 Å². The molecule has 0 aromatic heterocycles. The molecular weight excluding hydrogens is 408 g/mol. The summed E-state index contributed by atoms with van der Waals surface area (Å²) in [4.78, 5) is 53.5. The topological polar surface area (TPSA) is 84.0 Å². The lowest BCUT2D eigenvalue weighted by atomic mass is 9.91. The Labute approximate surface area is 186 Å². The standard InChI is InChI=1S/C25H24N2O5/c1-4-16-9-10-20(26-12-11-21(26)28)23(19(16)13-15(2)14-22(29)32-3)27-24(30)17-7-5-6-8-18(17)25(27)31/h4-10,15H,1,11-14H2,2-3H3/t15-/m0/s1. The molecule has 4 rings (SSSR count). The van der Waals surface area contributed by atoms with Gasteiger partial charge in [0.05, 0.1) is 29.6 Å². The Kier molecular flexibility index (Phi) is 5.65. The molecule has 7 heteroatoms. The van der Waals surface area contributed by atoms with Crippen LogP contribution in [-0.4, -0.2) is 37.3 Å². The Hall–Kier alpha value is -3.74. The summed E-state index contributed by atoms with van der Waals surface area (Å²) in [5, 5.41) is 0. The molecule has 1 fully saturated rings. The highest BCUT2D eigenvalue weighted by atomic mass is 16.5. The van der Waals surface area contributed by atoms with E-state index < -0.39 is 11.8 Å². The van der Waals surface area contributed by atoms with E-state index in [4.69, 9.17) is 4.74 Å². The van der Waals surface area contributed by atoms with Crippen LogP contribution in [0.5, 0.6) is 0 Å². The zero-order chi connectivity index (χ0) is 23.0. The summed E-state index contributed by atoms with van der Waals surface area (Å²) in [7, 11) is 1.34. The van der Waals surface area contributed by atoms with Gasteiger partial charge in [0.15, 0.2) is 0 Å². The fraction of sp³-hybridized carbons (Fsp3) is 0.280. The third kappa shape index (κ3) is 3.49. The first-order valence-electron chi connectivity index (χ1n) is 10.5. The number of fused-ring (bicyclic) bond motifs is 1. The summed E-state index contributed by atoms with van der Waals surface area (Å²) in [6, 6.07) is 10.3. The average molecular weight is 432 g/mol. The smallest absolute Gasteiger partial charge is 0.305 e. The molecule has 2 heterocycles. The van der Waals surface area contributed by atoms with E-state index >= 15 is 0 Å². The quantitative estimate of drug-likeness (QED) is 0.379. The number of amides is 3. The first-order chi connectivity index (χ1) is 15.4. The number of carbonyl (C=O) groups excluding carboxylic acids is 4. The molecule has 164 valence electrons. The van der Waals surface area contributed by atoms with Gasteiger partial charge in [-0.3, -0.25) is 19.2 Å². The summed E-state index contributed by atoms with van der Waals surface area (Å²) in [6.45, 7) is 6.30. The molecule has 1 saturated heterocycles. The number of imide groups is 1. The molecule has 32 heavy (non-hydrogen) atoms. The molecule has 0 bridgehead atoms. The maximum atomic E-state index is 13.3. The van der Waals surface area contributed by atoms with Gasteiger partial charge in [0, 0.05) is 19.4 Å². The van der Waals surface area contributed by atoms with E-state index in [1.54, 1.807) is 41.3 Å². The highest BCUT2D eigenvalue weighted by molar-refractivity contribution is 6.35. The van der Waals surface area contributed by atoms with E-state index in [1.165, 1.54) is 12.0 Å². The summed E-state index contributed by atoms with van der Waals surface area (Å²) in [5.41, 5.74) is 3.00. The molecule has 2 aromatic rings. The Balaban J connectivity index is 1.88. The molecule has 3 amide bonds. The molecular formula is C25H24N2O5. The normalized spacial score (nSPS) is 16.0. The summed E-state index contributed by atoms with van der Waals surface area (Å²) in [5.74, 6) is -1.39. The molecule has 0 radical (unpaired) electrons. The van der Waals surface area contributed by atoms with E-state index in [0.29, 0.717) is 47.5 Å². The number of ether oxygens (including phenoxy) is 1. The Morgan fingerprint density at radius 2 is 1.78 bits per heavy atom. The third-order valence-corrected chi connectivity index (χ3v) is 5.97. The van der Waals surface area contributed by atoms with Crippen LogP contribution in [0, 0.1) is 5.92 Å². The number of methoxy groups -OCH3 is 1. The van der Waals surface area contributed by atoms with Crippen LogP contribution in [0.2, 0.25) is 0 Å². The van der Waals surface area contributed by atoms with Crippen LogP contribution in [0.15, 0.2) is 43.0 Å². The summed E-state index contributed by atoms with van der Waals surface area (Å²) >= 11 is 0. The van der Waals surface area contributed by atoms with Crippen LogP contribution in [0.4, 0.5) is 11.4 Å². The van der Waals surface area contributed by atoms with Gasteiger partial charge >= 0.3 is 5.97 Å². The monoisotopic (exact) mass is 432 g/mol. The van der Waals surface area contributed by atoms with Gasteiger partial charge in [0.2, 0.25) is 5.91 Å². The molecule has 2 aliphatic heterocycles. The minimum absolute atomic E-state index is 0.0669. The lowest BCUT2D eigenvalue weighted by Crippen LogP contribution is -2.45. The van der Waals surface area contributed by atoms with Crippen molar-refractivity contribution in [1.82, 2.24) is 0 Å². The number of esters is 1. The highest BCUT2D eigenvalue weighted by Crippen LogP contribution is 2.42. The second kappa shape index (κ2) is 8.42. The predicted octanol–water partition coefficient (Wildman–Crippen LogP) is 3.61. The minimum atomic E-state index is -0.428. The maximum absolute atomic E-state index is 13.3. The zero-order valence-corrected chi connectivity index (χ0v) is 18.1. The van der Waals surface area contributed by atoms with Crippen LogP contribution < -0.4 is 9.80 Å². The van der Waals surface area contributed by atoms with E-state index in [2.05, 4.69) is 6.58 Å². The predicted molar refractivity (Wildman–Crippen MR) is 121 cm³/mol. The van der Waals surface area contributed by atoms with Gasteiger partial charge in [0.25, 0.3) is 11.8 Å². The number of hydrogen-bond acceptors (Lipinski definition) is 5. The molecule has 0 aliphatic carbocycles. The number of β-lactam (4-membered cyclic amide) rings is 1. The van der Waals surface area contributed by atoms with Gasteiger partial charge in [-0.1, -0.05) is 37.8 Å².